The van der Waals surface area contributed by atoms with Gasteiger partial charge in [0.2, 0.25) is 0 Å². The van der Waals surface area contributed by atoms with Crippen LogP contribution in [0.1, 0.15) is 0 Å². The predicted octanol–water partition coefficient (Wildman–Crippen LogP) is -0.0136. The van der Waals surface area contributed by atoms with Crippen LogP contribution >= 0.6 is 0 Å². The first kappa shape index (κ1) is 8.71. The fraction of sp³-hybridized carbons (Fsp3) is 0. The quantitative estimate of drug-likeness (QED) is 0.403. The summed E-state index contributed by atoms with van der Waals surface area (Å²) in [5, 5.41) is 0. The van der Waals surface area contributed by atoms with Gasteiger partial charge >= 0.3 is 0 Å². The van der Waals surface area contributed by atoms with Gasteiger partial charge in [-0.1, -0.05) is 0 Å². The van der Waals surface area contributed by atoms with Crippen LogP contribution in [0.25, 0.3) is 0 Å². The molecule has 0 amide bonds. The van der Waals surface area contributed by atoms with E-state index in [1.807, 2.05) is 12.1 Å². The van der Waals surface area contributed by atoms with E-state index in [1.165, 1.54) is 0 Å². The minimum atomic E-state index is 0. The summed E-state index contributed by atoms with van der Waals surface area (Å²) in [4.78, 5) is 3.81. The molecular weight excluding hydrogens is 221 g/mol. The first-order valence-electron chi connectivity index (χ1n) is 2.30. The van der Waals surface area contributed by atoms with Gasteiger partial charge in [-0.2, -0.15) is 0 Å². The van der Waals surface area contributed by atoms with Crippen LogP contribution in [-0.2, 0) is 0 Å². The van der Waals surface area contributed by atoms with Crippen molar-refractivity contribution in [3.05, 3.63) is 24.5 Å². The molecule has 3 nitrogen and oxygen atoms in total. The van der Waals surface area contributed by atoms with Crippen LogP contribution in [0.4, 0.5) is 5.69 Å². The molecule has 0 spiro atoms. The van der Waals surface area contributed by atoms with E-state index in [1.54, 1.807) is 12.4 Å². The SMILES string of the molecule is NNc1cccnc1.[Sn]. The summed E-state index contributed by atoms with van der Waals surface area (Å²) in [6, 6.07) is 3.65. The van der Waals surface area contributed by atoms with Crippen LogP contribution in [0.2, 0.25) is 0 Å². The molecule has 1 heterocycles. The van der Waals surface area contributed by atoms with Crippen LogP contribution in [0.5, 0.6) is 0 Å². The van der Waals surface area contributed by atoms with Crippen molar-refractivity contribution in [2.24, 2.45) is 5.84 Å². The zero-order valence-corrected chi connectivity index (χ0v) is 7.69. The first-order chi connectivity index (χ1) is 3.93. The van der Waals surface area contributed by atoms with Crippen molar-refractivity contribution in [2.45, 2.75) is 0 Å². The molecule has 0 saturated carbocycles. The second kappa shape index (κ2) is 4.57. The Morgan fingerprint density at radius 1 is 1.56 bits per heavy atom. The Morgan fingerprint density at radius 2 is 2.33 bits per heavy atom. The van der Waals surface area contributed by atoms with Crippen molar-refractivity contribution in [2.75, 3.05) is 5.43 Å². The van der Waals surface area contributed by atoms with Gasteiger partial charge in [0.05, 0.1) is 11.9 Å². The summed E-state index contributed by atoms with van der Waals surface area (Å²) < 4.78 is 0. The molecule has 1 aromatic rings. The Kier molecular flexibility index (Phi) is 4.43. The number of aromatic nitrogens is 1. The Balaban J connectivity index is 0.000000640. The number of hydrogen-bond acceptors (Lipinski definition) is 3. The maximum atomic E-state index is 5.06. The van der Waals surface area contributed by atoms with Gasteiger partial charge in [-0.15, -0.1) is 0 Å². The second-order valence-corrected chi connectivity index (χ2v) is 1.39. The molecule has 4 radical (unpaired) electrons. The second-order valence-electron chi connectivity index (χ2n) is 1.39. The Hall–Kier alpha value is -0.291. The van der Waals surface area contributed by atoms with E-state index in [0.717, 1.165) is 5.69 Å². The molecular formula is C5H7N3Sn. The number of nitrogens with two attached hydrogens (primary N) is 1. The summed E-state index contributed by atoms with van der Waals surface area (Å²) in [7, 11) is 0. The van der Waals surface area contributed by atoms with Crippen LogP contribution < -0.4 is 11.3 Å². The number of nitrogens with one attached hydrogen (secondary N) is 1. The van der Waals surface area contributed by atoms with Gasteiger partial charge in [0.15, 0.2) is 0 Å². The van der Waals surface area contributed by atoms with E-state index in [2.05, 4.69) is 10.4 Å². The van der Waals surface area contributed by atoms with Gasteiger partial charge in [-0.05, 0) is 12.1 Å². The number of rotatable bonds is 1. The van der Waals surface area contributed by atoms with Crippen molar-refractivity contribution >= 4 is 29.6 Å². The smallest absolute Gasteiger partial charge is 0.0668 e. The standard InChI is InChI=1S/C5H7N3.Sn/c6-8-5-2-1-3-7-4-5;/h1-4,8H,6H2;. The molecule has 0 bridgehead atoms. The maximum Gasteiger partial charge on any atom is 0.0668 e. The summed E-state index contributed by atoms with van der Waals surface area (Å²) in [6.45, 7) is 0. The Labute approximate surface area is 70.6 Å². The van der Waals surface area contributed by atoms with Crippen LogP contribution in [0, 0.1) is 0 Å². The largest absolute Gasteiger partial charge is 0.323 e. The molecule has 1 aromatic heterocycles. The third-order valence-corrected chi connectivity index (χ3v) is 0.828. The van der Waals surface area contributed by atoms with E-state index in [4.69, 9.17) is 5.84 Å². The van der Waals surface area contributed by atoms with Gasteiger partial charge in [0, 0.05) is 30.1 Å². The normalized spacial score (nSPS) is 7.67. The average molecular weight is 228 g/mol. The van der Waals surface area contributed by atoms with E-state index < -0.39 is 0 Å². The van der Waals surface area contributed by atoms with Crippen molar-refractivity contribution < 1.29 is 0 Å². The number of nitrogen functional groups attached to an aromatic ring is 1. The third-order valence-electron chi connectivity index (χ3n) is 0.828. The van der Waals surface area contributed by atoms with E-state index in [-0.39, 0.29) is 23.9 Å². The molecule has 4 heteroatoms. The molecule has 46 valence electrons. The molecule has 1 rings (SSSR count). The minimum absolute atomic E-state index is 0. The van der Waals surface area contributed by atoms with Gasteiger partial charge < -0.3 is 5.43 Å². The summed E-state index contributed by atoms with van der Waals surface area (Å²) in [6.07, 6.45) is 3.35. The summed E-state index contributed by atoms with van der Waals surface area (Å²) in [5.41, 5.74) is 3.29. The monoisotopic (exact) mass is 229 g/mol. The molecule has 9 heavy (non-hydrogen) atoms. The molecule has 0 saturated heterocycles. The van der Waals surface area contributed by atoms with Gasteiger partial charge in [-0.25, -0.2) is 0 Å². The van der Waals surface area contributed by atoms with Crippen molar-refractivity contribution in [1.82, 2.24) is 4.98 Å². The van der Waals surface area contributed by atoms with Crippen LogP contribution in [0.15, 0.2) is 24.5 Å². The van der Waals surface area contributed by atoms with Gasteiger partial charge in [-0.3, -0.25) is 10.8 Å². The number of hydrazine groups is 1. The number of pyridine rings is 1. The number of nitrogens with zero attached hydrogens (tertiary/aromatic N) is 1. The average Bonchev–Trinajstić information content (AvgIpc) is 1.90. The summed E-state index contributed by atoms with van der Waals surface area (Å²) >= 11 is 0. The summed E-state index contributed by atoms with van der Waals surface area (Å²) in [5.74, 6) is 5.06. The Bertz CT molecular complexity index is 154. The number of anilines is 1. The first-order valence-corrected chi connectivity index (χ1v) is 2.30. The fourth-order valence-corrected chi connectivity index (χ4v) is 0.448. The van der Waals surface area contributed by atoms with Crippen molar-refractivity contribution in [1.29, 1.82) is 0 Å². The fourth-order valence-electron chi connectivity index (χ4n) is 0.448. The molecule has 3 N–H and O–H groups in total. The molecule has 0 fully saturated rings. The van der Waals surface area contributed by atoms with Crippen LogP contribution in [0.3, 0.4) is 0 Å². The zero-order chi connectivity index (χ0) is 5.82. The molecule has 0 unspecified atom stereocenters. The van der Waals surface area contributed by atoms with Crippen molar-refractivity contribution in [3.8, 4) is 0 Å². The zero-order valence-electron chi connectivity index (χ0n) is 4.83. The maximum absolute atomic E-state index is 5.06. The van der Waals surface area contributed by atoms with E-state index in [0.29, 0.717) is 0 Å². The molecule has 0 aliphatic carbocycles. The topological polar surface area (TPSA) is 50.9 Å². The molecule has 0 aromatic carbocycles. The molecule has 0 atom stereocenters. The number of hydrogen-bond donors (Lipinski definition) is 2. The third kappa shape index (κ3) is 2.67. The van der Waals surface area contributed by atoms with Gasteiger partial charge in [0.1, 0.15) is 0 Å². The Morgan fingerprint density at radius 3 is 2.67 bits per heavy atom. The van der Waals surface area contributed by atoms with Gasteiger partial charge in [0.25, 0.3) is 0 Å². The van der Waals surface area contributed by atoms with E-state index in [9.17, 15) is 0 Å². The molecule has 0 aliphatic rings. The van der Waals surface area contributed by atoms with Crippen molar-refractivity contribution in [3.63, 3.8) is 0 Å². The van der Waals surface area contributed by atoms with Crippen LogP contribution in [-0.4, -0.2) is 28.9 Å². The minimum Gasteiger partial charge on any atom is -0.323 e. The van der Waals surface area contributed by atoms with E-state index >= 15 is 0 Å². The predicted molar refractivity (Wildman–Crippen MR) is 37.8 cm³/mol. The molecule has 0 aliphatic heterocycles.